The van der Waals surface area contributed by atoms with Crippen LogP contribution >= 0.6 is 0 Å². The average Bonchev–Trinajstić information content (AvgIpc) is 3.27. The van der Waals surface area contributed by atoms with Gasteiger partial charge in [-0.25, -0.2) is 0 Å². The lowest BCUT2D eigenvalue weighted by Gasteiger charge is -2.19. The second-order valence-corrected chi connectivity index (χ2v) is 8.90. The van der Waals surface area contributed by atoms with Crippen LogP contribution in [0.1, 0.15) is 17.0 Å². The number of hydrogen-bond donors (Lipinski definition) is 3. The largest absolute Gasteiger partial charge is 0.435 e. The van der Waals surface area contributed by atoms with Crippen molar-refractivity contribution >= 4 is 35.0 Å². The molecule has 1 saturated heterocycles. The molecular weight excluding hydrogens is 478 g/mol. The Morgan fingerprint density at radius 3 is 2.38 bits per heavy atom. The highest BCUT2D eigenvalue weighted by atomic mass is 19.3. The van der Waals surface area contributed by atoms with Crippen molar-refractivity contribution in [2.45, 2.75) is 12.5 Å². The van der Waals surface area contributed by atoms with Gasteiger partial charge in [0.1, 0.15) is 5.75 Å². The highest BCUT2D eigenvalue weighted by molar-refractivity contribution is 6.03. The molecule has 2 amide bonds. The molecule has 0 spiro atoms. The van der Waals surface area contributed by atoms with Crippen molar-refractivity contribution in [3.63, 3.8) is 0 Å². The number of alkyl halides is 2. The van der Waals surface area contributed by atoms with Crippen molar-refractivity contribution in [3.8, 4) is 5.75 Å². The molecule has 1 aliphatic heterocycles. The maximum atomic E-state index is 13.1. The molecule has 9 heteroatoms. The fourth-order valence-corrected chi connectivity index (χ4v) is 4.37. The first kappa shape index (κ1) is 25.8. The Labute approximate surface area is 213 Å². The number of nitrogens with two attached hydrogens (primary N) is 1. The molecule has 1 heterocycles. The summed E-state index contributed by atoms with van der Waals surface area (Å²) in [6.07, 6.45) is 3.16. The first-order valence-electron chi connectivity index (χ1n) is 11.8. The molecule has 1 aliphatic rings. The highest BCUT2D eigenvalue weighted by Gasteiger charge is 2.37. The van der Waals surface area contributed by atoms with Crippen LogP contribution in [0.5, 0.6) is 5.75 Å². The average molecular weight is 507 g/mol. The Morgan fingerprint density at radius 2 is 1.70 bits per heavy atom. The van der Waals surface area contributed by atoms with Crippen LogP contribution in [0.15, 0.2) is 78.9 Å². The van der Waals surface area contributed by atoms with E-state index in [1.54, 1.807) is 30.3 Å². The van der Waals surface area contributed by atoms with E-state index in [2.05, 4.69) is 20.3 Å². The summed E-state index contributed by atoms with van der Waals surface area (Å²) in [5.41, 5.74) is 9.28. The van der Waals surface area contributed by atoms with Crippen LogP contribution in [-0.2, 0) is 9.59 Å². The van der Waals surface area contributed by atoms with Crippen molar-refractivity contribution in [1.82, 2.24) is 4.90 Å². The Balaban J connectivity index is 1.38. The van der Waals surface area contributed by atoms with Crippen molar-refractivity contribution in [1.29, 1.82) is 0 Å². The number of carbonyl (C=O) groups is 2. The van der Waals surface area contributed by atoms with E-state index in [1.165, 1.54) is 30.3 Å². The van der Waals surface area contributed by atoms with Crippen molar-refractivity contribution in [2.75, 3.05) is 36.5 Å². The van der Waals surface area contributed by atoms with Gasteiger partial charge in [0.2, 0.25) is 11.8 Å². The van der Waals surface area contributed by atoms with Gasteiger partial charge in [0.25, 0.3) is 0 Å². The summed E-state index contributed by atoms with van der Waals surface area (Å²) in [6, 6.07) is 20.6. The third-order valence-corrected chi connectivity index (χ3v) is 6.20. The maximum Gasteiger partial charge on any atom is 0.387 e. The zero-order valence-corrected chi connectivity index (χ0v) is 20.2. The van der Waals surface area contributed by atoms with Gasteiger partial charge in [-0.1, -0.05) is 36.4 Å². The Hall–Kier alpha value is -4.24. The predicted molar refractivity (Wildman–Crippen MR) is 140 cm³/mol. The monoisotopic (exact) mass is 506 g/mol. The zero-order chi connectivity index (χ0) is 26.4. The summed E-state index contributed by atoms with van der Waals surface area (Å²) >= 11 is 0. The number of carbonyl (C=O) groups excluding carboxylic acids is 2. The third-order valence-electron chi connectivity index (χ3n) is 6.20. The molecule has 2 atom stereocenters. The van der Waals surface area contributed by atoms with Crippen LogP contribution in [0, 0.1) is 5.92 Å². The molecule has 0 saturated carbocycles. The number of likely N-dealkylation sites (N-methyl/N-ethyl adjacent to an activating group) is 1. The lowest BCUT2D eigenvalue weighted by atomic mass is 9.88. The van der Waals surface area contributed by atoms with E-state index in [1.807, 2.05) is 31.3 Å². The number of likely N-dealkylation sites (tertiary alicyclic amines) is 1. The molecule has 3 aromatic rings. The summed E-state index contributed by atoms with van der Waals surface area (Å²) in [7, 11) is 1.96. The van der Waals surface area contributed by atoms with E-state index in [0.29, 0.717) is 23.6 Å². The summed E-state index contributed by atoms with van der Waals surface area (Å²) < 4.78 is 29.1. The minimum atomic E-state index is -2.90. The molecule has 4 N–H and O–H groups in total. The SMILES string of the molecule is CN1CC(C(=O)Nc2ccc(OC(F)F)cc2)C(c2ccc(/C=C/C(=O)Nc3ccccc3N)cc2)C1. The number of hydrogen-bond acceptors (Lipinski definition) is 5. The number of nitrogen functional groups attached to an aromatic ring is 1. The van der Waals surface area contributed by atoms with E-state index in [0.717, 1.165) is 17.7 Å². The lowest BCUT2D eigenvalue weighted by Crippen LogP contribution is -2.28. The summed E-state index contributed by atoms with van der Waals surface area (Å²) in [5.74, 6) is -0.704. The molecule has 0 radical (unpaired) electrons. The normalized spacial score (nSPS) is 17.7. The van der Waals surface area contributed by atoms with Crippen LogP contribution in [0.2, 0.25) is 0 Å². The van der Waals surface area contributed by atoms with E-state index in [9.17, 15) is 18.4 Å². The number of halogens is 2. The van der Waals surface area contributed by atoms with Crippen molar-refractivity contribution in [3.05, 3.63) is 90.0 Å². The maximum absolute atomic E-state index is 13.1. The van der Waals surface area contributed by atoms with Gasteiger partial charge in [-0.3, -0.25) is 9.59 Å². The van der Waals surface area contributed by atoms with Gasteiger partial charge in [-0.2, -0.15) is 8.78 Å². The number of benzene rings is 3. The molecule has 0 bridgehead atoms. The first-order valence-corrected chi connectivity index (χ1v) is 11.8. The third kappa shape index (κ3) is 6.92. The molecule has 0 aromatic heterocycles. The van der Waals surface area contributed by atoms with E-state index >= 15 is 0 Å². The van der Waals surface area contributed by atoms with E-state index in [-0.39, 0.29) is 29.4 Å². The van der Waals surface area contributed by atoms with Crippen molar-refractivity contribution < 1.29 is 23.1 Å². The first-order chi connectivity index (χ1) is 17.8. The lowest BCUT2D eigenvalue weighted by molar-refractivity contribution is -0.119. The van der Waals surface area contributed by atoms with Crippen LogP contribution in [0.3, 0.4) is 0 Å². The minimum absolute atomic E-state index is 0.0196. The molecule has 4 rings (SSSR count). The molecule has 0 aliphatic carbocycles. The van der Waals surface area contributed by atoms with Gasteiger partial charge in [0.15, 0.2) is 0 Å². The fraction of sp³-hybridized carbons (Fsp3) is 0.214. The van der Waals surface area contributed by atoms with Crippen molar-refractivity contribution in [2.24, 2.45) is 5.92 Å². The predicted octanol–water partition coefficient (Wildman–Crippen LogP) is 4.81. The Kier molecular flexibility index (Phi) is 8.15. The summed E-state index contributed by atoms with van der Waals surface area (Å²) in [5, 5.41) is 5.63. The molecule has 3 aromatic carbocycles. The number of ether oxygens (including phenoxy) is 1. The number of anilines is 3. The standard InChI is InChI=1S/C28H28F2N4O3/c1-34-16-22(23(17-34)27(36)32-20-11-13-21(14-12-20)37-28(29)30)19-9-6-18(7-10-19)8-15-26(35)33-25-5-3-2-4-24(25)31/h2-15,22-23,28H,16-17,31H2,1H3,(H,32,36)(H,33,35)/b15-8+. The number of nitrogens with zero attached hydrogens (tertiary/aromatic N) is 1. The molecule has 7 nitrogen and oxygen atoms in total. The number of nitrogens with one attached hydrogen (secondary N) is 2. The summed E-state index contributed by atoms with van der Waals surface area (Å²) in [6.45, 7) is -1.59. The minimum Gasteiger partial charge on any atom is -0.435 e. The van der Waals surface area contributed by atoms with Crippen LogP contribution in [0.25, 0.3) is 6.08 Å². The highest BCUT2D eigenvalue weighted by Crippen LogP contribution is 2.33. The molecule has 2 unspecified atom stereocenters. The summed E-state index contributed by atoms with van der Waals surface area (Å²) in [4.78, 5) is 27.4. The molecular formula is C28H28F2N4O3. The second-order valence-electron chi connectivity index (χ2n) is 8.90. The van der Waals surface area contributed by atoms with Gasteiger partial charge in [0, 0.05) is 30.8 Å². The van der Waals surface area contributed by atoms with Gasteiger partial charge in [0.05, 0.1) is 17.3 Å². The van der Waals surface area contributed by atoms with E-state index < -0.39 is 6.61 Å². The number of para-hydroxylation sites is 2. The number of amides is 2. The molecule has 37 heavy (non-hydrogen) atoms. The van der Waals surface area contributed by atoms with Crippen LogP contribution in [-0.4, -0.2) is 43.5 Å². The van der Waals surface area contributed by atoms with Crippen LogP contribution in [0.4, 0.5) is 25.8 Å². The van der Waals surface area contributed by atoms with Gasteiger partial charge < -0.3 is 26.0 Å². The molecule has 1 fully saturated rings. The fourth-order valence-electron chi connectivity index (χ4n) is 4.37. The topological polar surface area (TPSA) is 96.7 Å². The second kappa shape index (κ2) is 11.7. The number of rotatable bonds is 8. The van der Waals surface area contributed by atoms with Crippen LogP contribution < -0.4 is 21.1 Å². The molecule has 192 valence electrons. The van der Waals surface area contributed by atoms with Gasteiger partial charge in [-0.15, -0.1) is 0 Å². The van der Waals surface area contributed by atoms with Gasteiger partial charge >= 0.3 is 6.61 Å². The van der Waals surface area contributed by atoms with E-state index in [4.69, 9.17) is 5.73 Å². The Bertz CT molecular complexity index is 1260. The van der Waals surface area contributed by atoms with Gasteiger partial charge in [-0.05, 0) is 60.6 Å². The quantitative estimate of drug-likeness (QED) is 0.301. The Morgan fingerprint density at radius 1 is 1.00 bits per heavy atom. The smallest absolute Gasteiger partial charge is 0.387 e. The zero-order valence-electron chi connectivity index (χ0n) is 20.2.